The average Bonchev–Trinajstić information content (AvgIpc) is 2.26. The maximum Gasteiger partial charge on any atom is 0.214 e. The molecule has 1 saturated heterocycles. The van der Waals surface area contributed by atoms with Crippen molar-refractivity contribution in [3.8, 4) is 0 Å². The van der Waals surface area contributed by atoms with Crippen LogP contribution in [0.4, 0.5) is 0 Å². The SMILES string of the molecule is COCC[C@H](C)S(=O)(=O)N[C@H]1CCCNC1. The first-order chi connectivity index (χ1) is 7.56. The second-order valence-corrected chi connectivity index (χ2v) is 6.43. The standard InChI is InChI=1S/C10H22N2O3S/c1-9(5-7-15-2)16(13,14)12-10-4-3-6-11-8-10/h9-12H,3-8H2,1-2H3/t9-,10-/m0/s1. The van der Waals surface area contributed by atoms with E-state index in [0.29, 0.717) is 13.0 Å². The molecule has 1 rings (SSSR count). The normalized spacial score (nSPS) is 24.2. The quantitative estimate of drug-likeness (QED) is 0.701. The zero-order chi connectivity index (χ0) is 12.0. The molecular weight excluding hydrogens is 228 g/mol. The molecule has 0 aromatic heterocycles. The first-order valence-electron chi connectivity index (χ1n) is 5.77. The van der Waals surface area contributed by atoms with Crippen molar-refractivity contribution in [3.05, 3.63) is 0 Å². The van der Waals surface area contributed by atoms with Crippen LogP contribution in [0.2, 0.25) is 0 Å². The smallest absolute Gasteiger partial charge is 0.214 e. The summed E-state index contributed by atoms with van der Waals surface area (Å²) in [6, 6.07) is 0.0451. The lowest BCUT2D eigenvalue weighted by molar-refractivity contribution is 0.194. The molecule has 16 heavy (non-hydrogen) atoms. The van der Waals surface area contributed by atoms with Crippen molar-refractivity contribution in [3.63, 3.8) is 0 Å². The number of hydrogen-bond acceptors (Lipinski definition) is 4. The van der Waals surface area contributed by atoms with Crippen LogP contribution in [-0.4, -0.2) is 46.5 Å². The molecule has 0 saturated carbocycles. The van der Waals surface area contributed by atoms with Gasteiger partial charge in [0.05, 0.1) is 5.25 Å². The fourth-order valence-electron chi connectivity index (χ4n) is 1.74. The summed E-state index contributed by atoms with van der Waals surface area (Å²) in [6.07, 6.45) is 2.48. The Balaban J connectivity index is 2.42. The van der Waals surface area contributed by atoms with Crippen LogP contribution >= 0.6 is 0 Å². The average molecular weight is 250 g/mol. The maximum atomic E-state index is 11.9. The largest absolute Gasteiger partial charge is 0.385 e. The lowest BCUT2D eigenvalue weighted by Crippen LogP contribution is -2.48. The zero-order valence-corrected chi connectivity index (χ0v) is 10.8. The molecule has 0 radical (unpaired) electrons. The van der Waals surface area contributed by atoms with Gasteiger partial charge in [-0.1, -0.05) is 0 Å². The minimum atomic E-state index is -3.20. The van der Waals surface area contributed by atoms with E-state index in [-0.39, 0.29) is 6.04 Å². The van der Waals surface area contributed by atoms with Gasteiger partial charge in [0.2, 0.25) is 10.0 Å². The van der Waals surface area contributed by atoms with E-state index in [9.17, 15) is 8.42 Å². The first kappa shape index (κ1) is 13.9. The molecule has 0 amide bonds. The molecular formula is C10H22N2O3S. The summed E-state index contributed by atoms with van der Waals surface area (Å²) < 4.78 is 31.5. The summed E-state index contributed by atoms with van der Waals surface area (Å²) in [5, 5.41) is 2.79. The molecule has 6 heteroatoms. The van der Waals surface area contributed by atoms with E-state index < -0.39 is 15.3 Å². The molecule has 0 unspecified atom stereocenters. The molecule has 0 aliphatic carbocycles. The monoisotopic (exact) mass is 250 g/mol. The molecule has 0 aromatic carbocycles. The number of nitrogens with one attached hydrogen (secondary N) is 2. The second kappa shape index (κ2) is 6.54. The Morgan fingerprint density at radius 3 is 2.88 bits per heavy atom. The lowest BCUT2D eigenvalue weighted by Gasteiger charge is -2.25. The Morgan fingerprint density at radius 2 is 2.31 bits per heavy atom. The van der Waals surface area contributed by atoms with E-state index in [4.69, 9.17) is 4.74 Å². The van der Waals surface area contributed by atoms with E-state index in [1.54, 1.807) is 14.0 Å². The van der Waals surface area contributed by atoms with Crippen molar-refractivity contribution < 1.29 is 13.2 Å². The summed E-state index contributed by atoms with van der Waals surface area (Å²) in [5.41, 5.74) is 0. The second-order valence-electron chi connectivity index (χ2n) is 4.30. The first-order valence-corrected chi connectivity index (χ1v) is 7.31. The number of piperidine rings is 1. The number of sulfonamides is 1. The number of methoxy groups -OCH3 is 1. The number of rotatable bonds is 6. The number of ether oxygens (including phenoxy) is 1. The Kier molecular flexibility index (Phi) is 5.68. The van der Waals surface area contributed by atoms with E-state index in [0.717, 1.165) is 25.9 Å². The van der Waals surface area contributed by atoms with Crippen molar-refractivity contribution in [2.45, 2.75) is 37.5 Å². The summed E-state index contributed by atoms with van der Waals surface area (Å²) in [5.74, 6) is 0. The van der Waals surface area contributed by atoms with Gasteiger partial charge in [-0.25, -0.2) is 13.1 Å². The molecule has 0 spiro atoms. The predicted molar refractivity (Wildman–Crippen MR) is 63.9 cm³/mol. The van der Waals surface area contributed by atoms with Crippen LogP contribution in [0.15, 0.2) is 0 Å². The Bertz CT molecular complexity index is 286. The minimum Gasteiger partial charge on any atom is -0.385 e. The van der Waals surface area contributed by atoms with Gasteiger partial charge in [0.25, 0.3) is 0 Å². The van der Waals surface area contributed by atoms with Crippen LogP contribution in [0.3, 0.4) is 0 Å². The van der Waals surface area contributed by atoms with E-state index in [1.165, 1.54) is 0 Å². The fraction of sp³-hybridized carbons (Fsp3) is 1.00. The van der Waals surface area contributed by atoms with Crippen LogP contribution in [0.1, 0.15) is 26.2 Å². The molecule has 2 atom stereocenters. The molecule has 1 heterocycles. The number of hydrogen-bond donors (Lipinski definition) is 2. The van der Waals surface area contributed by atoms with Crippen molar-refractivity contribution in [1.29, 1.82) is 0 Å². The van der Waals surface area contributed by atoms with Crippen molar-refractivity contribution in [1.82, 2.24) is 10.0 Å². The highest BCUT2D eigenvalue weighted by molar-refractivity contribution is 7.90. The third kappa shape index (κ3) is 4.37. The van der Waals surface area contributed by atoms with Gasteiger partial charge < -0.3 is 10.1 Å². The van der Waals surface area contributed by atoms with E-state index >= 15 is 0 Å². The molecule has 0 aromatic rings. The summed E-state index contributed by atoms with van der Waals surface area (Å²) in [7, 11) is -1.62. The highest BCUT2D eigenvalue weighted by Crippen LogP contribution is 2.08. The minimum absolute atomic E-state index is 0.0451. The van der Waals surface area contributed by atoms with Crippen LogP contribution in [0.5, 0.6) is 0 Å². The van der Waals surface area contributed by atoms with Gasteiger partial charge in [-0.3, -0.25) is 0 Å². The van der Waals surface area contributed by atoms with Gasteiger partial charge in [0.1, 0.15) is 0 Å². The third-order valence-electron chi connectivity index (χ3n) is 2.89. The van der Waals surface area contributed by atoms with Crippen LogP contribution < -0.4 is 10.0 Å². The van der Waals surface area contributed by atoms with Gasteiger partial charge >= 0.3 is 0 Å². The van der Waals surface area contributed by atoms with Gasteiger partial charge in [-0.05, 0) is 32.7 Å². The van der Waals surface area contributed by atoms with Gasteiger partial charge in [0.15, 0.2) is 0 Å². The molecule has 1 aliphatic rings. The fourth-order valence-corrected chi connectivity index (χ4v) is 3.04. The van der Waals surface area contributed by atoms with Crippen molar-refractivity contribution >= 4 is 10.0 Å². The Labute approximate surface area is 98.0 Å². The third-order valence-corrected chi connectivity index (χ3v) is 4.84. The highest BCUT2D eigenvalue weighted by atomic mass is 32.2. The Morgan fingerprint density at radius 1 is 1.56 bits per heavy atom. The maximum absolute atomic E-state index is 11.9. The summed E-state index contributed by atoms with van der Waals surface area (Å²) in [4.78, 5) is 0. The topological polar surface area (TPSA) is 67.4 Å². The molecule has 1 fully saturated rings. The van der Waals surface area contributed by atoms with Crippen LogP contribution in [-0.2, 0) is 14.8 Å². The van der Waals surface area contributed by atoms with Gasteiger partial charge in [0, 0.05) is 26.3 Å². The lowest BCUT2D eigenvalue weighted by atomic mass is 10.1. The van der Waals surface area contributed by atoms with Crippen molar-refractivity contribution in [2.75, 3.05) is 26.8 Å². The van der Waals surface area contributed by atoms with Gasteiger partial charge in [-0.2, -0.15) is 0 Å². The molecule has 2 N–H and O–H groups in total. The van der Waals surface area contributed by atoms with Gasteiger partial charge in [-0.15, -0.1) is 0 Å². The van der Waals surface area contributed by atoms with Crippen molar-refractivity contribution in [2.24, 2.45) is 0 Å². The molecule has 1 aliphatic heterocycles. The highest BCUT2D eigenvalue weighted by Gasteiger charge is 2.24. The van der Waals surface area contributed by atoms with Crippen LogP contribution in [0.25, 0.3) is 0 Å². The Hall–Kier alpha value is -0.170. The molecule has 0 bridgehead atoms. The summed E-state index contributed by atoms with van der Waals surface area (Å²) >= 11 is 0. The zero-order valence-electron chi connectivity index (χ0n) is 10.0. The van der Waals surface area contributed by atoms with E-state index in [1.807, 2.05) is 0 Å². The predicted octanol–water partition coefficient (Wildman–Crippen LogP) is 0.0828. The summed E-state index contributed by atoms with van der Waals surface area (Å²) in [6.45, 7) is 3.91. The molecule has 5 nitrogen and oxygen atoms in total. The van der Waals surface area contributed by atoms with E-state index in [2.05, 4.69) is 10.0 Å². The van der Waals surface area contributed by atoms with Crippen LogP contribution in [0, 0.1) is 0 Å². The molecule has 96 valence electrons.